The lowest BCUT2D eigenvalue weighted by molar-refractivity contribution is -0.135. The lowest BCUT2D eigenvalue weighted by atomic mass is 10.0. The first-order chi connectivity index (χ1) is 14.0. The smallest absolute Gasteiger partial charge is 0.171 e. The number of hydrogen-bond donors (Lipinski definition) is 0. The Kier molecular flexibility index (Phi) is 9.84. The molecule has 2 aromatic carbocycles. The molecule has 156 valence electrons. The highest BCUT2D eigenvalue weighted by molar-refractivity contribution is 5.44. The molecule has 2 rings (SSSR count). The second kappa shape index (κ2) is 12.4. The van der Waals surface area contributed by atoms with Crippen molar-refractivity contribution in [3.05, 3.63) is 70.8 Å². The molecule has 0 amide bonds. The van der Waals surface area contributed by atoms with Crippen LogP contribution in [0.1, 0.15) is 80.5 Å². The van der Waals surface area contributed by atoms with E-state index in [1.807, 2.05) is 24.3 Å². The molecule has 0 atom stereocenters. The van der Waals surface area contributed by atoms with E-state index in [1.165, 1.54) is 37.7 Å². The predicted octanol–water partition coefficient (Wildman–Crippen LogP) is 7.87. The van der Waals surface area contributed by atoms with E-state index < -0.39 is 12.6 Å². The van der Waals surface area contributed by atoms with Crippen molar-refractivity contribution in [3.63, 3.8) is 0 Å². The Morgan fingerprint density at radius 2 is 1.07 bits per heavy atom. The Morgan fingerprint density at radius 1 is 0.621 bits per heavy atom. The van der Waals surface area contributed by atoms with Gasteiger partial charge >= 0.3 is 6.18 Å². The van der Waals surface area contributed by atoms with Gasteiger partial charge in [0, 0.05) is 17.5 Å². The van der Waals surface area contributed by atoms with Gasteiger partial charge in [0.1, 0.15) is 0 Å². The van der Waals surface area contributed by atoms with Crippen LogP contribution in [-0.4, -0.2) is 6.18 Å². The highest BCUT2D eigenvalue weighted by Crippen LogP contribution is 2.22. The minimum atomic E-state index is -4.05. The second-order valence-electron chi connectivity index (χ2n) is 7.63. The van der Waals surface area contributed by atoms with Gasteiger partial charge in [0.25, 0.3) is 0 Å². The van der Waals surface area contributed by atoms with E-state index in [0.29, 0.717) is 12.8 Å². The van der Waals surface area contributed by atoms with Crippen molar-refractivity contribution < 1.29 is 13.2 Å². The summed E-state index contributed by atoms with van der Waals surface area (Å²) in [7, 11) is 0. The van der Waals surface area contributed by atoms with E-state index >= 15 is 0 Å². The van der Waals surface area contributed by atoms with Crippen LogP contribution in [0.4, 0.5) is 13.2 Å². The van der Waals surface area contributed by atoms with Crippen molar-refractivity contribution in [3.8, 4) is 11.8 Å². The molecule has 0 radical (unpaired) electrons. The minimum absolute atomic E-state index is 0.180. The highest BCUT2D eigenvalue weighted by Gasteiger charge is 2.25. The second-order valence-corrected chi connectivity index (χ2v) is 7.63. The number of aryl methyl sites for hydroxylation is 2. The molecule has 0 spiro atoms. The molecule has 0 nitrogen and oxygen atoms in total. The molecule has 2 aromatic rings. The third-order valence-corrected chi connectivity index (χ3v) is 5.00. The van der Waals surface area contributed by atoms with Crippen molar-refractivity contribution in [2.75, 3.05) is 0 Å². The summed E-state index contributed by atoms with van der Waals surface area (Å²) in [5.74, 6) is 6.35. The highest BCUT2D eigenvalue weighted by atomic mass is 19.4. The van der Waals surface area contributed by atoms with Gasteiger partial charge < -0.3 is 0 Å². The summed E-state index contributed by atoms with van der Waals surface area (Å²) in [6.45, 7) is 2.23. The summed E-state index contributed by atoms with van der Waals surface area (Å²) in [5, 5.41) is 0. The Hall–Kier alpha value is -2.21. The third-order valence-electron chi connectivity index (χ3n) is 5.00. The molecule has 0 aliphatic heterocycles. The van der Waals surface area contributed by atoms with Crippen LogP contribution in [0.25, 0.3) is 0 Å². The van der Waals surface area contributed by atoms with Crippen LogP contribution in [0.3, 0.4) is 0 Å². The zero-order valence-electron chi connectivity index (χ0n) is 17.3. The van der Waals surface area contributed by atoms with Crippen LogP contribution < -0.4 is 0 Å². The number of unbranched alkanes of at least 4 members (excludes halogenated alkanes) is 5. The number of hydrogen-bond acceptors (Lipinski definition) is 0. The molecular weight excluding hydrogens is 369 g/mol. The molecule has 0 aromatic heterocycles. The van der Waals surface area contributed by atoms with Gasteiger partial charge in [-0.15, -0.1) is 0 Å². The largest absolute Gasteiger partial charge is 0.389 e. The molecule has 0 saturated carbocycles. The first-order valence-corrected chi connectivity index (χ1v) is 10.7. The standard InChI is InChI=1S/C26H31F3/c1-2-3-4-5-6-9-22-11-15-24(16-12-22)19-20-25-17-13-23(14-18-25)10-7-8-21-26(27,28)29/h11-18H,2-10,21H2,1H3. The first-order valence-electron chi connectivity index (χ1n) is 10.7. The van der Waals surface area contributed by atoms with Gasteiger partial charge in [-0.3, -0.25) is 0 Å². The molecule has 29 heavy (non-hydrogen) atoms. The fourth-order valence-electron chi connectivity index (χ4n) is 3.24. The van der Waals surface area contributed by atoms with Gasteiger partial charge in [0.15, 0.2) is 0 Å². The lowest BCUT2D eigenvalue weighted by Gasteiger charge is -2.05. The maximum Gasteiger partial charge on any atom is 0.389 e. The lowest BCUT2D eigenvalue weighted by Crippen LogP contribution is -2.06. The summed E-state index contributed by atoms with van der Waals surface area (Å²) in [4.78, 5) is 0. The molecule has 0 bridgehead atoms. The molecule has 0 saturated heterocycles. The van der Waals surface area contributed by atoms with Crippen LogP contribution in [-0.2, 0) is 12.8 Å². The molecular formula is C26H31F3. The molecule has 0 unspecified atom stereocenters. The van der Waals surface area contributed by atoms with E-state index in [4.69, 9.17) is 0 Å². The Labute approximate surface area is 173 Å². The maximum atomic E-state index is 12.2. The normalized spacial score (nSPS) is 11.2. The van der Waals surface area contributed by atoms with Gasteiger partial charge in [-0.25, -0.2) is 0 Å². The molecule has 3 heteroatoms. The third kappa shape index (κ3) is 10.2. The zero-order chi connectivity index (χ0) is 21.0. The average molecular weight is 401 g/mol. The molecule has 0 aliphatic carbocycles. The number of alkyl halides is 3. The number of rotatable bonds is 10. The van der Waals surface area contributed by atoms with Gasteiger partial charge in [0.2, 0.25) is 0 Å². The Balaban J connectivity index is 1.77. The maximum absolute atomic E-state index is 12.2. The van der Waals surface area contributed by atoms with Gasteiger partial charge in [0.05, 0.1) is 0 Å². The Morgan fingerprint density at radius 3 is 1.52 bits per heavy atom. The van der Waals surface area contributed by atoms with Crippen LogP contribution in [0.5, 0.6) is 0 Å². The van der Waals surface area contributed by atoms with Crippen LogP contribution in [0.15, 0.2) is 48.5 Å². The molecule has 0 heterocycles. The topological polar surface area (TPSA) is 0 Å². The summed E-state index contributed by atoms with van der Waals surface area (Å²) in [6, 6.07) is 16.3. The van der Waals surface area contributed by atoms with Crippen molar-refractivity contribution >= 4 is 0 Å². The van der Waals surface area contributed by atoms with Gasteiger partial charge in [-0.05, 0) is 67.5 Å². The van der Waals surface area contributed by atoms with E-state index in [-0.39, 0.29) is 6.42 Å². The van der Waals surface area contributed by atoms with E-state index in [9.17, 15) is 13.2 Å². The average Bonchev–Trinajstić information content (AvgIpc) is 2.70. The van der Waals surface area contributed by atoms with Crippen molar-refractivity contribution in [2.24, 2.45) is 0 Å². The fourth-order valence-corrected chi connectivity index (χ4v) is 3.24. The summed E-state index contributed by atoms with van der Waals surface area (Å²) in [6.07, 6.45) is 4.25. The summed E-state index contributed by atoms with van der Waals surface area (Å²) < 4.78 is 36.5. The van der Waals surface area contributed by atoms with Crippen molar-refractivity contribution in [1.29, 1.82) is 0 Å². The Bertz CT molecular complexity index is 759. The van der Waals surface area contributed by atoms with E-state index in [2.05, 4.69) is 43.0 Å². The van der Waals surface area contributed by atoms with E-state index in [0.717, 1.165) is 23.1 Å². The van der Waals surface area contributed by atoms with Crippen molar-refractivity contribution in [1.82, 2.24) is 0 Å². The summed E-state index contributed by atoms with van der Waals surface area (Å²) >= 11 is 0. The summed E-state index contributed by atoms with van der Waals surface area (Å²) in [5.41, 5.74) is 4.34. The molecule has 0 fully saturated rings. The minimum Gasteiger partial charge on any atom is -0.171 e. The van der Waals surface area contributed by atoms with Crippen molar-refractivity contribution in [2.45, 2.75) is 77.3 Å². The fraction of sp³-hybridized carbons (Fsp3) is 0.462. The van der Waals surface area contributed by atoms with E-state index in [1.54, 1.807) is 0 Å². The van der Waals surface area contributed by atoms with Crippen LogP contribution >= 0.6 is 0 Å². The predicted molar refractivity (Wildman–Crippen MR) is 115 cm³/mol. The number of benzene rings is 2. The first kappa shape index (κ1) is 23.1. The number of halogens is 3. The molecule has 0 N–H and O–H groups in total. The van der Waals surface area contributed by atoms with Gasteiger partial charge in [-0.2, -0.15) is 13.2 Å². The molecule has 0 aliphatic rings. The monoisotopic (exact) mass is 400 g/mol. The van der Waals surface area contributed by atoms with Crippen LogP contribution in [0, 0.1) is 11.8 Å². The van der Waals surface area contributed by atoms with Gasteiger partial charge in [-0.1, -0.05) is 68.7 Å². The quantitative estimate of drug-likeness (QED) is 0.281. The zero-order valence-corrected chi connectivity index (χ0v) is 17.3. The SMILES string of the molecule is CCCCCCCc1ccc(C#Cc2ccc(CCCCC(F)(F)F)cc2)cc1. The van der Waals surface area contributed by atoms with Crippen LogP contribution in [0.2, 0.25) is 0 Å².